The molecule has 1 aliphatic rings. The zero-order valence-corrected chi connectivity index (χ0v) is 11.8. The highest BCUT2D eigenvalue weighted by Crippen LogP contribution is 2.43. The Morgan fingerprint density at radius 1 is 1.42 bits per heavy atom. The van der Waals surface area contributed by atoms with Crippen LogP contribution >= 0.6 is 23.1 Å². The second kappa shape index (κ2) is 4.94. The van der Waals surface area contributed by atoms with Crippen molar-refractivity contribution in [2.75, 3.05) is 10.7 Å². The van der Waals surface area contributed by atoms with Crippen LogP contribution in [-0.4, -0.2) is 16.6 Å². The Labute approximate surface area is 118 Å². The lowest BCUT2D eigenvalue weighted by atomic mass is 10.2. The molecule has 2 heterocycles. The molecule has 1 amide bonds. The summed E-state index contributed by atoms with van der Waals surface area (Å²) in [5.74, 6) is 0.0537. The van der Waals surface area contributed by atoms with Crippen molar-refractivity contribution in [1.29, 1.82) is 0 Å². The average Bonchev–Trinajstić information content (AvgIpc) is 2.96. The highest BCUT2D eigenvalue weighted by molar-refractivity contribution is 8.00. The quantitative estimate of drug-likeness (QED) is 0.851. The molecule has 1 aromatic heterocycles. The van der Waals surface area contributed by atoms with Crippen LogP contribution in [0.15, 0.2) is 30.5 Å². The lowest BCUT2D eigenvalue weighted by Gasteiger charge is -2.21. The van der Waals surface area contributed by atoms with Gasteiger partial charge in [0.25, 0.3) is 0 Å². The van der Waals surface area contributed by atoms with Crippen LogP contribution in [-0.2, 0) is 4.79 Å². The molecule has 0 radical (unpaired) electrons. The van der Waals surface area contributed by atoms with Crippen molar-refractivity contribution < 1.29 is 9.18 Å². The summed E-state index contributed by atoms with van der Waals surface area (Å²) in [7, 11) is 0. The predicted octanol–water partition coefficient (Wildman–Crippen LogP) is 3.37. The number of thiazole rings is 1. The zero-order chi connectivity index (χ0) is 13.4. The molecule has 1 unspecified atom stereocenters. The standard InChI is InChI=1S/C13H11FN2OS2/c1-8-6-15-13(19-8)16-11(17)7-18-12(16)9-4-2-3-5-10(9)14/h2-6,12H,7H2,1H3. The van der Waals surface area contributed by atoms with Crippen molar-refractivity contribution in [1.82, 2.24) is 4.98 Å². The summed E-state index contributed by atoms with van der Waals surface area (Å²) in [6, 6.07) is 6.58. The van der Waals surface area contributed by atoms with Gasteiger partial charge in [0.1, 0.15) is 11.2 Å². The molecular weight excluding hydrogens is 283 g/mol. The Kier molecular flexibility index (Phi) is 3.28. The van der Waals surface area contributed by atoms with Crippen molar-refractivity contribution in [3.8, 4) is 0 Å². The minimum atomic E-state index is -0.320. The van der Waals surface area contributed by atoms with E-state index in [1.54, 1.807) is 29.3 Å². The molecule has 98 valence electrons. The summed E-state index contributed by atoms with van der Waals surface area (Å²) in [5.41, 5.74) is 0.534. The Hall–Kier alpha value is -1.40. The van der Waals surface area contributed by atoms with E-state index in [4.69, 9.17) is 0 Å². The van der Waals surface area contributed by atoms with Crippen LogP contribution in [0.4, 0.5) is 9.52 Å². The molecule has 1 fully saturated rings. The van der Waals surface area contributed by atoms with Crippen LogP contribution in [0.25, 0.3) is 0 Å². The number of rotatable bonds is 2. The van der Waals surface area contributed by atoms with E-state index in [9.17, 15) is 9.18 Å². The topological polar surface area (TPSA) is 33.2 Å². The molecule has 1 atom stereocenters. The SMILES string of the molecule is Cc1cnc(N2C(=O)CSC2c2ccccc2F)s1. The van der Waals surface area contributed by atoms with Gasteiger partial charge in [-0.3, -0.25) is 9.69 Å². The van der Waals surface area contributed by atoms with Gasteiger partial charge in [-0.05, 0) is 13.0 Å². The third kappa shape index (κ3) is 2.26. The molecule has 6 heteroatoms. The van der Waals surface area contributed by atoms with Crippen LogP contribution in [0.2, 0.25) is 0 Å². The first-order chi connectivity index (χ1) is 9.16. The molecule has 19 heavy (non-hydrogen) atoms. The predicted molar refractivity (Wildman–Crippen MR) is 75.9 cm³/mol. The van der Waals surface area contributed by atoms with Gasteiger partial charge in [0.2, 0.25) is 5.91 Å². The molecule has 1 saturated heterocycles. The molecule has 0 N–H and O–H groups in total. The van der Waals surface area contributed by atoms with Gasteiger partial charge in [-0.15, -0.1) is 23.1 Å². The van der Waals surface area contributed by atoms with Crippen molar-refractivity contribution in [3.05, 3.63) is 46.7 Å². The Bertz CT molecular complexity index is 629. The lowest BCUT2D eigenvalue weighted by molar-refractivity contribution is -0.115. The van der Waals surface area contributed by atoms with E-state index in [2.05, 4.69) is 4.98 Å². The largest absolute Gasteiger partial charge is 0.273 e. The summed E-state index contributed by atoms with van der Waals surface area (Å²) in [6.07, 6.45) is 1.73. The summed E-state index contributed by atoms with van der Waals surface area (Å²) < 4.78 is 13.9. The Morgan fingerprint density at radius 2 is 2.21 bits per heavy atom. The molecule has 0 saturated carbocycles. The van der Waals surface area contributed by atoms with E-state index < -0.39 is 0 Å². The highest BCUT2D eigenvalue weighted by atomic mass is 32.2. The summed E-state index contributed by atoms with van der Waals surface area (Å²) in [5, 5.41) is 0.319. The maximum atomic E-state index is 13.9. The molecular formula is C13H11FN2OS2. The molecule has 3 rings (SSSR count). The maximum absolute atomic E-state index is 13.9. The normalized spacial score (nSPS) is 19.2. The Balaban J connectivity index is 2.02. The van der Waals surface area contributed by atoms with Gasteiger partial charge in [-0.1, -0.05) is 18.2 Å². The number of benzene rings is 1. The zero-order valence-electron chi connectivity index (χ0n) is 10.2. The van der Waals surface area contributed by atoms with Crippen LogP contribution in [0.1, 0.15) is 15.8 Å². The molecule has 1 aromatic carbocycles. The first-order valence-electron chi connectivity index (χ1n) is 5.77. The van der Waals surface area contributed by atoms with E-state index in [0.717, 1.165) is 4.88 Å². The summed E-state index contributed by atoms with van der Waals surface area (Å²) in [4.78, 5) is 18.9. The molecule has 0 spiro atoms. The van der Waals surface area contributed by atoms with Crippen LogP contribution < -0.4 is 4.90 Å². The number of aryl methyl sites for hydroxylation is 1. The van der Waals surface area contributed by atoms with E-state index in [1.807, 2.05) is 6.92 Å². The number of aromatic nitrogens is 1. The van der Waals surface area contributed by atoms with Crippen LogP contribution in [0.3, 0.4) is 0 Å². The number of hydrogen-bond acceptors (Lipinski definition) is 4. The third-order valence-corrected chi connectivity index (χ3v) is 4.96. The van der Waals surface area contributed by atoms with Gasteiger partial charge in [0.15, 0.2) is 5.13 Å². The molecule has 0 bridgehead atoms. The molecule has 1 aliphatic heterocycles. The average molecular weight is 294 g/mol. The van der Waals surface area contributed by atoms with Gasteiger partial charge in [-0.25, -0.2) is 9.37 Å². The van der Waals surface area contributed by atoms with Crippen LogP contribution in [0.5, 0.6) is 0 Å². The maximum Gasteiger partial charge on any atom is 0.240 e. The van der Waals surface area contributed by atoms with E-state index in [-0.39, 0.29) is 17.1 Å². The van der Waals surface area contributed by atoms with Gasteiger partial charge < -0.3 is 0 Å². The summed E-state index contributed by atoms with van der Waals surface area (Å²) in [6.45, 7) is 1.94. The number of thioether (sulfide) groups is 1. The number of carbonyl (C=O) groups excluding carboxylic acids is 1. The molecule has 2 aromatic rings. The van der Waals surface area contributed by atoms with Gasteiger partial charge in [-0.2, -0.15) is 0 Å². The van der Waals surface area contributed by atoms with Crippen LogP contribution in [0, 0.1) is 12.7 Å². The van der Waals surface area contributed by atoms with E-state index >= 15 is 0 Å². The number of carbonyl (C=O) groups is 1. The smallest absolute Gasteiger partial charge is 0.240 e. The second-order valence-corrected chi connectivity index (χ2v) is 6.48. The summed E-state index contributed by atoms with van der Waals surface area (Å²) >= 11 is 2.88. The van der Waals surface area contributed by atoms with Crippen molar-refractivity contribution in [3.63, 3.8) is 0 Å². The fraction of sp³-hybridized carbons (Fsp3) is 0.231. The van der Waals surface area contributed by atoms with E-state index in [1.165, 1.54) is 29.2 Å². The van der Waals surface area contributed by atoms with Crippen molar-refractivity contribution in [2.24, 2.45) is 0 Å². The monoisotopic (exact) mass is 294 g/mol. The number of amides is 1. The fourth-order valence-corrected chi connectivity index (χ4v) is 4.04. The molecule has 0 aliphatic carbocycles. The van der Waals surface area contributed by atoms with Crippen molar-refractivity contribution in [2.45, 2.75) is 12.3 Å². The van der Waals surface area contributed by atoms with Crippen molar-refractivity contribution >= 4 is 34.1 Å². The number of halogens is 1. The Morgan fingerprint density at radius 3 is 2.89 bits per heavy atom. The first kappa shape index (κ1) is 12.6. The second-order valence-electron chi connectivity index (χ2n) is 4.20. The minimum absolute atomic E-state index is 0.0207. The number of nitrogens with zero attached hydrogens (tertiary/aromatic N) is 2. The fourth-order valence-electron chi connectivity index (χ4n) is 1.99. The number of hydrogen-bond donors (Lipinski definition) is 0. The molecule has 3 nitrogen and oxygen atoms in total. The minimum Gasteiger partial charge on any atom is -0.273 e. The first-order valence-corrected chi connectivity index (χ1v) is 7.64. The number of anilines is 1. The third-order valence-electron chi connectivity index (χ3n) is 2.85. The van der Waals surface area contributed by atoms with Gasteiger partial charge >= 0.3 is 0 Å². The van der Waals surface area contributed by atoms with E-state index in [0.29, 0.717) is 16.4 Å². The highest BCUT2D eigenvalue weighted by Gasteiger charge is 2.36. The van der Waals surface area contributed by atoms with Gasteiger partial charge in [0.05, 0.1) is 5.75 Å². The van der Waals surface area contributed by atoms with Gasteiger partial charge in [0, 0.05) is 16.6 Å². The lowest BCUT2D eigenvalue weighted by Crippen LogP contribution is -2.28.